The highest BCUT2D eigenvalue weighted by atomic mass is 19.1. The van der Waals surface area contributed by atoms with Crippen LogP contribution in [-0.2, 0) is 18.1 Å². The number of hydrogen-bond acceptors (Lipinski definition) is 3. The molecule has 0 aliphatic rings. The van der Waals surface area contributed by atoms with E-state index in [2.05, 4.69) is 15.1 Å². The van der Waals surface area contributed by atoms with Crippen LogP contribution in [0.25, 0.3) is 22.4 Å². The third-order valence-electron chi connectivity index (χ3n) is 3.83. The molecule has 4 rings (SSSR count). The Bertz CT molecular complexity index is 1000. The van der Waals surface area contributed by atoms with Crippen LogP contribution in [0.2, 0.25) is 0 Å². The normalized spacial score (nSPS) is 11.1. The molecule has 0 atom stereocenters. The molecule has 0 aliphatic heterocycles. The number of imidazole rings is 1. The van der Waals surface area contributed by atoms with Crippen molar-refractivity contribution in [3.8, 4) is 11.4 Å². The van der Waals surface area contributed by atoms with Gasteiger partial charge in [-0.3, -0.25) is 0 Å². The summed E-state index contributed by atoms with van der Waals surface area (Å²) < 4.78 is 21.3. The number of benzene rings is 2. The van der Waals surface area contributed by atoms with Gasteiger partial charge in [0.05, 0.1) is 12.2 Å². The molecule has 2 aromatic carbocycles. The molecule has 2 aromatic heterocycles. The first-order valence-electron chi connectivity index (χ1n) is 7.92. The molecule has 0 saturated heterocycles. The monoisotopic (exact) mass is 335 g/mol. The topological polar surface area (TPSA) is 54.7 Å². The van der Waals surface area contributed by atoms with Gasteiger partial charge < -0.3 is 9.72 Å². The minimum atomic E-state index is -0.311. The maximum Gasteiger partial charge on any atom is 0.278 e. The van der Waals surface area contributed by atoms with Crippen LogP contribution in [0.3, 0.4) is 0 Å². The summed E-state index contributed by atoms with van der Waals surface area (Å²) in [5.41, 5.74) is 2.99. The van der Waals surface area contributed by atoms with Crippen LogP contribution in [0, 0.1) is 5.82 Å². The van der Waals surface area contributed by atoms with Gasteiger partial charge in [-0.05, 0) is 22.8 Å². The van der Waals surface area contributed by atoms with Crippen LogP contribution in [0.4, 0.5) is 4.39 Å². The van der Waals surface area contributed by atoms with E-state index in [1.165, 1.54) is 6.07 Å². The highest BCUT2D eigenvalue weighted by Crippen LogP contribution is 2.21. The Kier molecular flexibility index (Phi) is 4.18. The van der Waals surface area contributed by atoms with Gasteiger partial charge in [0, 0.05) is 0 Å². The SMILES string of the molecule is Fc1ccccc1-c1nc2cn[n+](COCc3ccccc3)cc2[nH]1. The standard InChI is InChI=1S/C19H15FN4O/c20-16-9-5-4-8-15(16)19-22-17-10-21-24(11-18(17)23-19)13-25-12-14-6-2-1-3-7-14/h1-11H,12-13H2/p+1. The number of H-pyrrole nitrogens is 1. The molecular formula is C19H16FN4O+. The summed E-state index contributed by atoms with van der Waals surface area (Å²) in [6.45, 7) is 0.829. The Hall–Kier alpha value is -3.12. The van der Waals surface area contributed by atoms with Crippen LogP contribution >= 0.6 is 0 Å². The lowest BCUT2D eigenvalue weighted by Crippen LogP contribution is -2.38. The third kappa shape index (κ3) is 3.39. The highest BCUT2D eigenvalue weighted by Gasteiger charge is 2.13. The fourth-order valence-electron chi connectivity index (χ4n) is 2.59. The van der Waals surface area contributed by atoms with Gasteiger partial charge in [0.15, 0.2) is 0 Å². The fraction of sp³-hybridized carbons (Fsp3) is 0.105. The summed E-state index contributed by atoms with van der Waals surface area (Å²) in [6.07, 6.45) is 3.44. The molecular weight excluding hydrogens is 319 g/mol. The van der Waals surface area contributed by atoms with E-state index in [0.717, 1.165) is 11.1 Å². The van der Waals surface area contributed by atoms with Gasteiger partial charge >= 0.3 is 0 Å². The first-order valence-corrected chi connectivity index (χ1v) is 7.92. The van der Waals surface area contributed by atoms with Gasteiger partial charge in [-0.2, -0.15) is 0 Å². The van der Waals surface area contributed by atoms with Crippen LogP contribution in [-0.4, -0.2) is 15.1 Å². The van der Waals surface area contributed by atoms with Crippen LogP contribution < -0.4 is 4.68 Å². The van der Waals surface area contributed by atoms with Crippen molar-refractivity contribution < 1.29 is 13.8 Å². The summed E-state index contributed by atoms with van der Waals surface area (Å²) in [7, 11) is 0. The predicted octanol–water partition coefficient (Wildman–Crippen LogP) is 3.23. The summed E-state index contributed by atoms with van der Waals surface area (Å²) >= 11 is 0. The zero-order valence-electron chi connectivity index (χ0n) is 13.4. The van der Waals surface area contributed by atoms with Gasteiger partial charge in [0.1, 0.15) is 28.9 Å². The molecule has 1 N–H and O–H groups in total. The largest absolute Gasteiger partial charge is 0.333 e. The van der Waals surface area contributed by atoms with Crippen molar-refractivity contribution in [3.63, 3.8) is 0 Å². The quantitative estimate of drug-likeness (QED) is 0.570. The summed E-state index contributed by atoms with van der Waals surface area (Å²) in [6, 6.07) is 16.5. The van der Waals surface area contributed by atoms with Crippen molar-refractivity contribution in [1.29, 1.82) is 0 Å². The highest BCUT2D eigenvalue weighted by molar-refractivity contribution is 5.77. The number of ether oxygens (including phenoxy) is 1. The van der Waals surface area contributed by atoms with Crippen molar-refractivity contribution in [3.05, 3.63) is 78.4 Å². The van der Waals surface area contributed by atoms with E-state index < -0.39 is 0 Å². The molecule has 25 heavy (non-hydrogen) atoms. The summed E-state index contributed by atoms with van der Waals surface area (Å²) in [5, 5.41) is 4.28. The molecule has 0 saturated carbocycles. The van der Waals surface area contributed by atoms with Gasteiger partial charge in [-0.1, -0.05) is 47.1 Å². The van der Waals surface area contributed by atoms with Gasteiger partial charge in [0.25, 0.3) is 6.73 Å². The number of nitrogens with zero attached hydrogens (tertiary/aromatic N) is 3. The van der Waals surface area contributed by atoms with Gasteiger partial charge in [-0.25, -0.2) is 9.37 Å². The number of rotatable bonds is 5. The van der Waals surface area contributed by atoms with E-state index >= 15 is 0 Å². The van der Waals surface area contributed by atoms with Crippen molar-refractivity contribution in [2.45, 2.75) is 13.3 Å². The van der Waals surface area contributed by atoms with Crippen LogP contribution in [0.15, 0.2) is 67.0 Å². The van der Waals surface area contributed by atoms with E-state index in [4.69, 9.17) is 4.74 Å². The Balaban J connectivity index is 1.51. The third-order valence-corrected chi connectivity index (χ3v) is 3.83. The summed E-state index contributed by atoms with van der Waals surface area (Å²) in [5.74, 6) is 0.173. The maximum absolute atomic E-state index is 13.9. The van der Waals surface area contributed by atoms with Crippen molar-refractivity contribution in [2.24, 2.45) is 0 Å². The average Bonchev–Trinajstić information content (AvgIpc) is 3.06. The molecule has 0 fully saturated rings. The Morgan fingerprint density at radius 1 is 1.04 bits per heavy atom. The van der Waals surface area contributed by atoms with Crippen LogP contribution in [0.5, 0.6) is 0 Å². The van der Waals surface area contributed by atoms with E-state index in [1.807, 2.05) is 30.3 Å². The molecule has 5 nitrogen and oxygen atoms in total. The minimum absolute atomic E-state index is 0.311. The molecule has 6 heteroatoms. The molecule has 0 unspecified atom stereocenters. The second kappa shape index (κ2) is 6.78. The lowest BCUT2D eigenvalue weighted by molar-refractivity contribution is -0.784. The Morgan fingerprint density at radius 2 is 1.84 bits per heavy atom. The number of hydrogen-bond donors (Lipinski definition) is 1. The van der Waals surface area contributed by atoms with Crippen molar-refractivity contribution in [2.75, 3.05) is 0 Å². The zero-order chi connectivity index (χ0) is 17.1. The molecule has 0 amide bonds. The van der Waals surface area contributed by atoms with Crippen molar-refractivity contribution >= 4 is 11.0 Å². The van der Waals surface area contributed by atoms with E-state index in [1.54, 1.807) is 35.3 Å². The molecule has 0 radical (unpaired) electrons. The maximum atomic E-state index is 13.9. The second-order valence-corrected chi connectivity index (χ2v) is 5.64. The van der Waals surface area contributed by atoms with E-state index in [-0.39, 0.29) is 5.82 Å². The minimum Gasteiger partial charge on any atom is -0.333 e. The molecule has 124 valence electrons. The number of aromatic nitrogens is 4. The van der Waals surface area contributed by atoms with E-state index in [0.29, 0.717) is 30.2 Å². The zero-order valence-corrected chi connectivity index (χ0v) is 13.4. The number of nitrogens with one attached hydrogen (secondary N) is 1. The smallest absolute Gasteiger partial charge is 0.278 e. The van der Waals surface area contributed by atoms with E-state index in [9.17, 15) is 4.39 Å². The first-order chi connectivity index (χ1) is 12.3. The summed E-state index contributed by atoms with van der Waals surface area (Å²) in [4.78, 5) is 7.53. The number of aromatic amines is 1. The fourth-order valence-corrected chi connectivity index (χ4v) is 2.59. The predicted molar refractivity (Wildman–Crippen MR) is 90.7 cm³/mol. The molecule has 0 spiro atoms. The Morgan fingerprint density at radius 3 is 2.68 bits per heavy atom. The van der Waals surface area contributed by atoms with Gasteiger partial charge in [0.2, 0.25) is 6.20 Å². The first kappa shape index (κ1) is 15.4. The van der Waals surface area contributed by atoms with Crippen LogP contribution in [0.1, 0.15) is 5.56 Å². The number of halogens is 1. The second-order valence-electron chi connectivity index (χ2n) is 5.64. The molecule has 2 heterocycles. The average molecular weight is 335 g/mol. The number of fused-ring (bicyclic) bond motifs is 1. The lowest BCUT2D eigenvalue weighted by Gasteiger charge is -1.99. The van der Waals surface area contributed by atoms with Gasteiger partial charge in [-0.15, -0.1) is 0 Å². The Labute approximate surface area is 143 Å². The van der Waals surface area contributed by atoms with Crippen molar-refractivity contribution in [1.82, 2.24) is 15.1 Å². The molecule has 4 aromatic rings. The molecule has 0 bridgehead atoms. The lowest BCUT2D eigenvalue weighted by atomic mass is 10.2. The molecule has 0 aliphatic carbocycles.